The topological polar surface area (TPSA) is 47.4 Å². The number of hydrogen-bond acceptors (Lipinski definition) is 5. The first-order valence-electron chi connectivity index (χ1n) is 7.33. The van der Waals surface area contributed by atoms with Crippen LogP contribution >= 0.6 is 11.3 Å². The van der Waals surface area contributed by atoms with Crippen LogP contribution in [0, 0.1) is 12.8 Å². The third-order valence-electron chi connectivity index (χ3n) is 4.16. The van der Waals surface area contributed by atoms with Gasteiger partial charge in [-0.05, 0) is 36.8 Å². The molecule has 2 aromatic heterocycles. The summed E-state index contributed by atoms with van der Waals surface area (Å²) in [4.78, 5) is 19.3. The van der Waals surface area contributed by atoms with Gasteiger partial charge in [-0.15, -0.1) is 11.3 Å². The van der Waals surface area contributed by atoms with Crippen molar-refractivity contribution in [1.29, 1.82) is 0 Å². The highest BCUT2D eigenvalue weighted by molar-refractivity contribution is 7.17. The maximum atomic E-state index is 12.5. The zero-order valence-corrected chi connectivity index (χ0v) is 13.4. The molecule has 114 valence electrons. The Morgan fingerprint density at radius 2 is 2.38 bits per heavy atom. The Kier molecular flexibility index (Phi) is 4.37. The summed E-state index contributed by atoms with van der Waals surface area (Å²) >= 11 is 1.50. The largest absolute Gasteiger partial charge is 0.383 e. The number of aryl methyl sites for hydroxylation is 1. The molecule has 1 fully saturated rings. The normalized spacial score (nSPS) is 19.6. The standard InChI is InChI=1S/C15H21N3O2S/c1-11-9-21-14-13(11)16-10-18(15(14)19)8-12-3-4-17(7-12)5-6-20-2/h9-10,12H,3-8H2,1-2H3. The summed E-state index contributed by atoms with van der Waals surface area (Å²) in [5.41, 5.74) is 2.05. The maximum absolute atomic E-state index is 12.5. The lowest BCUT2D eigenvalue weighted by atomic mass is 10.1. The summed E-state index contributed by atoms with van der Waals surface area (Å²) in [6.07, 6.45) is 2.85. The van der Waals surface area contributed by atoms with Gasteiger partial charge >= 0.3 is 0 Å². The minimum absolute atomic E-state index is 0.105. The summed E-state index contributed by atoms with van der Waals surface area (Å²) < 4.78 is 7.68. The van der Waals surface area contributed by atoms with Gasteiger partial charge in [-0.3, -0.25) is 9.36 Å². The van der Waals surface area contributed by atoms with Crippen molar-refractivity contribution >= 4 is 21.6 Å². The van der Waals surface area contributed by atoms with Crippen LogP contribution in [-0.4, -0.2) is 47.8 Å². The van der Waals surface area contributed by atoms with E-state index in [0.717, 1.165) is 55.0 Å². The van der Waals surface area contributed by atoms with Crippen LogP contribution < -0.4 is 5.56 Å². The Hall–Kier alpha value is -1.24. The lowest BCUT2D eigenvalue weighted by Gasteiger charge is -2.15. The van der Waals surface area contributed by atoms with Crippen LogP contribution in [0.4, 0.5) is 0 Å². The van der Waals surface area contributed by atoms with E-state index in [9.17, 15) is 4.79 Å². The number of nitrogens with zero attached hydrogens (tertiary/aromatic N) is 3. The van der Waals surface area contributed by atoms with Gasteiger partial charge < -0.3 is 9.64 Å². The molecular weight excluding hydrogens is 286 g/mol. The number of methoxy groups -OCH3 is 1. The van der Waals surface area contributed by atoms with Crippen molar-refractivity contribution in [3.63, 3.8) is 0 Å². The van der Waals surface area contributed by atoms with Gasteiger partial charge in [-0.25, -0.2) is 4.98 Å². The number of rotatable bonds is 5. The first kappa shape index (κ1) is 14.7. The van der Waals surface area contributed by atoms with Gasteiger partial charge in [-0.1, -0.05) is 0 Å². The van der Waals surface area contributed by atoms with Crippen LogP contribution in [0.25, 0.3) is 10.2 Å². The first-order valence-corrected chi connectivity index (χ1v) is 8.21. The Morgan fingerprint density at radius 1 is 1.52 bits per heavy atom. The highest BCUT2D eigenvalue weighted by Crippen LogP contribution is 2.21. The zero-order valence-electron chi connectivity index (χ0n) is 12.5. The third-order valence-corrected chi connectivity index (χ3v) is 5.24. The van der Waals surface area contributed by atoms with Gasteiger partial charge in [0, 0.05) is 26.7 Å². The average molecular weight is 307 g/mol. The van der Waals surface area contributed by atoms with Crippen LogP contribution in [0.15, 0.2) is 16.5 Å². The van der Waals surface area contributed by atoms with E-state index in [1.54, 1.807) is 18.0 Å². The fraction of sp³-hybridized carbons (Fsp3) is 0.600. The van der Waals surface area contributed by atoms with E-state index in [-0.39, 0.29) is 5.56 Å². The SMILES string of the molecule is COCCN1CCC(Cn2cnc3c(C)csc3c2=O)C1. The summed E-state index contributed by atoms with van der Waals surface area (Å²) in [7, 11) is 1.73. The second-order valence-electron chi connectivity index (χ2n) is 5.75. The molecule has 0 aliphatic carbocycles. The monoisotopic (exact) mass is 307 g/mol. The highest BCUT2D eigenvalue weighted by Gasteiger charge is 2.23. The number of thiophene rings is 1. The molecule has 3 rings (SSSR count). The van der Waals surface area contributed by atoms with E-state index in [1.165, 1.54) is 11.3 Å². The summed E-state index contributed by atoms with van der Waals surface area (Å²) in [5.74, 6) is 0.528. The fourth-order valence-electron chi connectivity index (χ4n) is 2.95. The van der Waals surface area contributed by atoms with Crippen LogP contribution in [0.3, 0.4) is 0 Å². The second kappa shape index (κ2) is 6.25. The molecule has 21 heavy (non-hydrogen) atoms. The number of aromatic nitrogens is 2. The molecule has 3 heterocycles. The molecule has 1 atom stereocenters. The molecule has 0 amide bonds. The van der Waals surface area contributed by atoms with Crippen molar-refractivity contribution in [2.45, 2.75) is 19.9 Å². The fourth-order valence-corrected chi connectivity index (χ4v) is 3.90. The van der Waals surface area contributed by atoms with Crippen molar-refractivity contribution in [3.8, 4) is 0 Å². The lowest BCUT2D eigenvalue weighted by Crippen LogP contribution is -2.28. The van der Waals surface area contributed by atoms with Gasteiger partial charge in [0.15, 0.2) is 0 Å². The molecular formula is C15H21N3O2S. The van der Waals surface area contributed by atoms with E-state index in [4.69, 9.17) is 4.74 Å². The van der Waals surface area contributed by atoms with Crippen molar-refractivity contribution < 1.29 is 4.74 Å². The predicted molar refractivity (Wildman–Crippen MR) is 85.0 cm³/mol. The number of likely N-dealkylation sites (tertiary alicyclic amines) is 1. The number of ether oxygens (including phenoxy) is 1. The van der Waals surface area contributed by atoms with Crippen LogP contribution in [0.5, 0.6) is 0 Å². The highest BCUT2D eigenvalue weighted by atomic mass is 32.1. The smallest absolute Gasteiger partial charge is 0.271 e. The lowest BCUT2D eigenvalue weighted by molar-refractivity contribution is 0.158. The van der Waals surface area contributed by atoms with Crippen molar-refractivity contribution in [2.24, 2.45) is 5.92 Å². The van der Waals surface area contributed by atoms with Gasteiger partial charge in [0.05, 0.1) is 18.5 Å². The molecule has 1 aliphatic rings. The van der Waals surface area contributed by atoms with E-state index >= 15 is 0 Å². The minimum Gasteiger partial charge on any atom is -0.383 e. The quantitative estimate of drug-likeness (QED) is 0.844. The predicted octanol–water partition coefficient (Wildman–Crippen LogP) is 1.73. The minimum atomic E-state index is 0.105. The molecule has 0 spiro atoms. The van der Waals surface area contributed by atoms with Crippen LogP contribution in [0.2, 0.25) is 0 Å². The van der Waals surface area contributed by atoms with Gasteiger partial charge in [0.25, 0.3) is 5.56 Å². The molecule has 1 aliphatic heterocycles. The Labute approximate surface area is 128 Å². The van der Waals surface area contributed by atoms with Gasteiger partial charge in [0.1, 0.15) is 4.70 Å². The van der Waals surface area contributed by atoms with E-state index in [0.29, 0.717) is 5.92 Å². The number of hydrogen-bond donors (Lipinski definition) is 0. The van der Waals surface area contributed by atoms with E-state index in [1.807, 2.05) is 12.3 Å². The van der Waals surface area contributed by atoms with Crippen molar-refractivity contribution in [3.05, 3.63) is 27.6 Å². The Bertz CT molecular complexity index is 679. The molecule has 5 nitrogen and oxygen atoms in total. The summed E-state index contributed by atoms with van der Waals surface area (Å²) in [5, 5.41) is 2.01. The maximum Gasteiger partial charge on any atom is 0.271 e. The molecule has 1 saturated heterocycles. The van der Waals surface area contributed by atoms with Crippen LogP contribution in [-0.2, 0) is 11.3 Å². The average Bonchev–Trinajstić information content (AvgIpc) is 3.07. The molecule has 0 radical (unpaired) electrons. The van der Waals surface area contributed by atoms with E-state index < -0.39 is 0 Å². The molecule has 0 aromatic carbocycles. The van der Waals surface area contributed by atoms with Gasteiger partial charge in [0.2, 0.25) is 0 Å². The molecule has 2 aromatic rings. The van der Waals surface area contributed by atoms with Crippen molar-refractivity contribution in [1.82, 2.24) is 14.5 Å². The summed E-state index contributed by atoms with van der Waals surface area (Å²) in [6, 6.07) is 0. The van der Waals surface area contributed by atoms with Crippen LogP contribution in [0.1, 0.15) is 12.0 Å². The second-order valence-corrected chi connectivity index (χ2v) is 6.63. The molecule has 0 N–H and O–H groups in total. The third kappa shape index (κ3) is 3.02. The molecule has 0 saturated carbocycles. The number of fused-ring (bicyclic) bond motifs is 1. The first-order chi connectivity index (χ1) is 10.2. The van der Waals surface area contributed by atoms with Crippen molar-refractivity contribution in [2.75, 3.05) is 33.4 Å². The van der Waals surface area contributed by atoms with Gasteiger partial charge in [-0.2, -0.15) is 0 Å². The summed E-state index contributed by atoms with van der Waals surface area (Å²) in [6.45, 7) is 6.65. The Morgan fingerprint density at radius 3 is 3.19 bits per heavy atom. The molecule has 0 bridgehead atoms. The van der Waals surface area contributed by atoms with E-state index in [2.05, 4.69) is 9.88 Å². The Balaban J connectivity index is 1.71. The zero-order chi connectivity index (χ0) is 14.8. The molecule has 1 unspecified atom stereocenters. The molecule has 6 heteroatoms.